The average molecular weight is 521 g/mol. The number of nitrogens with zero attached hydrogens (tertiary/aromatic N) is 3. The van der Waals surface area contributed by atoms with Gasteiger partial charge in [0.1, 0.15) is 21.5 Å². The van der Waals surface area contributed by atoms with E-state index in [0.717, 1.165) is 42.6 Å². The number of carbonyl (C=O) groups is 1. The average Bonchev–Trinajstić information content (AvgIpc) is 3.15. The zero-order chi connectivity index (χ0) is 25.2. The highest BCUT2D eigenvalue weighted by molar-refractivity contribution is 8.26. The molecule has 1 aromatic carbocycles. The highest BCUT2D eigenvalue weighted by atomic mass is 32.2. The Morgan fingerprint density at radius 2 is 1.89 bits per heavy atom. The van der Waals surface area contributed by atoms with Crippen molar-refractivity contribution in [3.63, 3.8) is 0 Å². The molecule has 2 fully saturated rings. The second-order valence-corrected chi connectivity index (χ2v) is 10.9. The minimum Gasteiger partial charge on any atom is -0.497 e. The normalized spacial score (nSPS) is 17.8. The molecule has 1 saturated heterocycles. The Bertz CT molecular complexity index is 1410. The van der Waals surface area contributed by atoms with Gasteiger partial charge >= 0.3 is 0 Å². The summed E-state index contributed by atoms with van der Waals surface area (Å²) in [4.78, 5) is 33.7. The molecule has 9 heteroatoms. The molecule has 5 rings (SSSR count). The van der Waals surface area contributed by atoms with Crippen LogP contribution < -0.4 is 15.6 Å². The summed E-state index contributed by atoms with van der Waals surface area (Å²) in [5.41, 5.74) is 2.65. The molecular weight excluding hydrogens is 492 g/mol. The van der Waals surface area contributed by atoms with Gasteiger partial charge in [0, 0.05) is 12.2 Å². The topological polar surface area (TPSA) is 75.9 Å². The molecule has 2 aromatic heterocycles. The SMILES string of the molecule is COc1ccc(CN2C(=O)C(=Cc3c(NC4CCCCC4)nc4ccc(C)cn4c3=O)SC2=S)cc1. The Kier molecular flexibility index (Phi) is 7.11. The molecule has 2 aliphatic rings. The molecule has 0 radical (unpaired) electrons. The van der Waals surface area contributed by atoms with Crippen molar-refractivity contribution >= 4 is 51.7 Å². The molecule has 0 bridgehead atoms. The van der Waals surface area contributed by atoms with E-state index >= 15 is 0 Å². The van der Waals surface area contributed by atoms with E-state index in [1.54, 1.807) is 28.7 Å². The minimum atomic E-state index is -0.210. The third kappa shape index (κ3) is 5.03. The predicted molar refractivity (Wildman–Crippen MR) is 148 cm³/mol. The van der Waals surface area contributed by atoms with Crippen LogP contribution in [0.5, 0.6) is 5.75 Å². The van der Waals surface area contributed by atoms with Crippen LogP contribution in [-0.2, 0) is 11.3 Å². The van der Waals surface area contributed by atoms with E-state index in [0.29, 0.717) is 32.8 Å². The fourth-order valence-electron chi connectivity index (χ4n) is 4.62. The molecular formula is C27H28N4O3S2. The largest absolute Gasteiger partial charge is 0.497 e. The molecule has 1 saturated carbocycles. The smallest absolute Gasteiger partial charge is 0.267 e. The quantitative estimate of drug-likeness (QED) is 0.356. The fraction of sp³-hybridized carbons (Fsp3) is 0.333. The summed E-state index contributed by atoms with van der Waals surface area (Å²) in [5.74, 6) is 1.07. The number of aryl methyl sites for hydroxylation is 1. The van der Waals surface area contributed by atoms with Crippen molar-refractivity contribution in [2.45, 2.75) is 51.6 Å². The summed E-state index contributed by atoms with van der Waals surface area (Å²) in [7, 11) is 1.62. The van der Waals surface area contributed by atoms with Gasteiger partial charge in [0.2, 0.25) is 0 Å². The number of nitrogens with one attached hydrogen (secondary N) is 1. The molecule has 0 atom stereocenters. The first kappa shape index (κ1) is 24.5. The van der Waals surface area contributed by atoms with Crippen LogP contribution in [0, 0.1) is 6.92 Å². The molecule has 0 unspecified atom stereocenters. The van der Waals surface area contributed by atoms with Crippen LogP contribution in [0.3, 0.4) is 0 Å². The molecule has 1 amide bonds. The summed E-state index contributed by atoms with van der Waals surface area (Å²) in [5, 5.41) is 3.51. The first-order chi connectivity index (χ1) is 17.4. The van der Waals surface area contributed by atoms with Gasteiger partial charge in [0.15, 0.2) is 0 Å². The molecule has 1 aliphatic heterocycles. The lowest BCUT2D eigenvalue weighted by atomic mass is 9.95. The van der Waals surface area contributed by atoms with E-state index in [2.05, 4.69) is 5.32 Å². The number of ether oxygens (including phenoxy) is 1. The van der Waals surface area contributed by atoms with E-state index in [9.17, 15) is 9.59 Å². The van der Waals surface area contributed by atoms with E-state index in [-0.39, 0.29) is 17.5 Å². The number of carbonyl (C=O) groups excluding carboxylic acids is 1. The van der Waals surface area contributed by atoms with Gasteiger partial charge in [-0.1, -0.05) is 61.4 Å². The number of anilines is 1. The lowest BCUT2D eigenvalue weighted by Crippen LogP contribution is -2.28. The third-order valence-corrected chi connectivity index (χ3v) is 7.98. The van der Waals surface area contributed by atoms with Crippen molar-refractivity contribution in [1.29, 1.82) is 0 Å². The maximum absolute atomic E-state index is 13.6. The molecule has 36 heavy (non-hydrogen) atoms. The molecule has 3 heterocycles. The first-order valence-electron chi connectivity index (χ1n) is 12.1. The van der Waals surface area contributed by atoms with Gasteiger partial charge in [-0.2, -0.15) is 0 Å². The monoisotopic (exact) mass is 520 g/mol. The third-order valence-electron chi connectivity index (χ3n) is 6.60. The highest BCUT2D eigenvalue weighted by Crippen LogP contribution is 2.34. The number of fused-ring (bicyclic) bond motifs is 1. The van der Waals surface area contributed by atoms with Gasteiger partial charge in [-0.05, 0) is 55.2 Å². The van der Waals surface area contributed by atoms with E-state index in [1.165, 1.54) is 18.2 Å². The van der Waals surface area contributed by atoms with Crippen LogP contribution in [0.1, 0.15) is 48.8 Å². The number of methoxy groups -OCH3 is 1. The van der Waals surface area contributed by atoms with Gasteiger partial charge < -0.3 is 10.1 Å². The number of hydrogen-bond acceptors (Lipinski definition) is 7. The number of hydrogen-bond donors (Lipinski definition) is 1. The van der Waals surface area contributed by atoms with Gasteiger partial charge in [0.05, 0.1) is 24.1 Å². The number of aromatic nitrogens is 2. The van der Waals surface area contributed by atoms with E-state index < -0.39 is 0 Å². The zero-order valence-corrected chi connectivity index (χ0v) is 22.0. The number of thioether (sulfide) groups is 1. The summed E-state index contributed by atoms with van der Waals surface area (Å²) in [6.07, 6.45) is 9.06. The molecule has 186 valence electrons. The Balaban J connectivity index is 1.50. The van der Waals surface area contributed by atoms with Crippen molar-refractivity contribution in [3.8, 4) is 5.75 Å². The maximum Gasteiger partial charge on any atom is 0.267 e. The van der Waals surface area contributed by atoms with Gasteiger partial charge in [-0.15, -0.1) is 0 Å². The minimum absolute atomic E-state index is 0.206. The Morgan fingerprint density at radius 3 is 2.61 bits per heavy atom. The standard InChI is InChI=1S/C27H28N4O3S2/c1-17-8-13-23-29-24(28-19-6-4-3-5-7-19)21(25(32)30(23)15-17)14-22-26(33)31(27(35)36-22)16-18-9-11-20(34-2)12-10-18/h8-15,19,28H,3-7,16H2,1-2H3. The Morgan fingerprint density at radius 1 is 1.14 bits per heavy atom. The number of benzene rings is 1. The molecule has 3 aromatic rings. The van der Waals surface area contributed by atoms with Crippen molar-refractivity contribution in [2.24, 2.45) is 0 Å². The lowest BCUT2D eigenvalue weighted by Gasteiger charge is -2.24. The summed E-state index contributed by atoms with van der Waals surface area (Å²) in [6, 6.07) is 11.6. The van der Waals surface area contributed by atoms with Gasteiger partial charge in [0.25, 0.3) is 11.5 Å². The maximum atomic E-state index is 13.6. The summed E-state index contributed by atoms with van der Waals surface area (Å²) >= 11 is 6.75. The predicted octanol–water partition coefficient (Wildman–Crippen LogP) is 5.16. The number of thiocarbonyl (C=S) groups is 1. The van der Waals surface area contributed by atoms with Crippen LogP contribution in [0.15, 0.2) is 52.3 Å². The van der Waals surface area contributed by atoms with E-state index in [4.69, 9.17) is 21.9 Å². The second-order valence-electron chi connectivity index (χ2n) is 9.21. The molecule has 7 nitrogen and oxygen atoms in total. The van der Waals surface area contributed by atoms with Crippen LogP contribution in [0.25, 0.3) is 11.7 Å². The second kappa shape index (κ2) is 10.4. The zero-order valence-electron chi connectivity index (χ0n) is 20.3. The molecule has 1 aliphatic carbocycles. The first-order valence-corrected chi connectivity index (χ1v) is 13.3. The number of rotatable bonds is 6. The van der Waals surface area contributed by atoms with Crippen molar-refractivity contribution in [2.75, 3.05) is 12.4 Å². The molecule has 1 N–H and O–H groups in total. The van der Waals surface area contributed by atoms with Crippen LogP contribution in [0.2, 0.25) is 0 Å². The fourth-order valence-corrected chi connectivity index (χ4v) is 5.86. The van der Waals surface area contributed by atoms with E-state index in [1.807, 2.05) is 43.3 Å². The number of pyridine rings is 1. The highest BCUT2D eigenvalue weighted by Gasteiger charge is 2.33. The van der Waals surface area contributed by atoms with Crippen LogP contribution in [0.4, 0.5) is 5.82 Å². The molecule has 0 spiro atoms. The van der Waals surface area contributed by atoms with Crippen LogP contribution >= 0.6 is 24.0 Å². The van der Waals surface area contributed by atoms with Gasteiger partial charge in [-0.25, -0.2) is 4.98 Å². The lowest BCUT2D eigenvalue weighted by molar-refractivity contribution is -0.122. The Labute approximate surface area is 219 Å². The van der Waals surface area contributed by atoms with Crippen molar-refractivity contribution in [3.05, 3.63) is 74.5 Å². The summed E-state index contributed by atoms with van der Waals surface area (Å²) < 4.78 is 7.23. The van der Waals surface area contributed by atoms with Crippen LogP contribution in [-0.4, -0.2) is 37.7 Å². The van der Waals surface area contributed by atoms with Gasteiger partial charge in [-0.3, -0.25) is 18.9 Å². The van der Waals surface area contributed by atoms with Crippen molar-refractivity contribution < 1.29 is 9.53 Å². The van der Waals surface area contributed by atoms with Crippen molar-refractivity contribution in [1.82, 2.24) is 14.3 Å². The Hall–Kier alpha value is -3.17. The summed E-state index contributed by atoms with van der Waals surface area (Å²) in [6.45, 7) is 2.29. The number of amides is 1.